The molecule has 3 aromatic rings. The highest BCUT2D eigenvalue weighted by atomic mass is 16.5. The van der Waals surface area contributed by atoms with Crippen LogP contribution in [0.15, 0.2) is 43.0 Å². The van der Waals surface area contributed by atoms with Crippen LogP contribution in [0.25, 0.3) is 11.2 Å². The van der Waals surface area contributed by atoms with Crippen LogP contribution in [0.1, 0.15) is 10.4 Å². The van der Waals surface area contributed by atoms with E-state index in [0.29, 0.717) is 16.7 Å². The molecule has 0 atom stereocenters. The average molecular weight is 240 g/mol. The zero-order valence-electron chi connectivity index (χ0n) is 9.20. The first-order valence-electron chi connectivity index (χ1n) is 5.26. The van der Waals surface area contributed by atoms with Crippen molar-refractivity contribution in [2.75, 3.05) is 0 Å². The first-order chi connectivity index (χ1) is 8.84. The SMILES string of the molecule is O=C(Oc1ncnc2nc[nH]c12)c1ccccc1. The Kier molecular flexibility index (Phi) is 2.45. The summed E-state index contributed by atoms with van der Waals surface area (Å²) in [6, 6.07) is 8.71. The molecule has 1 aromatic carbocycles. The maximum Gasteiger partial charge on any atom is 0.344 e. The van der Waals surface area contributed by atoms with Gasteiger partial charge in [-0.3, -0.25) is 0 Å². The molecule has 6 nitrogen and oxygen atoms in total. The van der Waals surface area contributed by atoms with Crippen LogP contribution in [0, 0.1) is 0 Å². The Morgan fingerprint density at radius 1 is 1.11 bits per heavy atom. The molecular formula is C12H8N4O2. The van der Waals surface area contributed by atoms with Crippen molar-refractivity contribution in [1.82, 2.24) is 19.9 Å². The van der Waals surface area contributed by atoms with E-state index in [9.17, 15) is 4.79 Å². The second kappa shape index (κ2) is 4.25. The highest BCUT2D eigenvalue weighted by molar-refractivity contribution is 5.92. The molecule has 0 fully saturated rings. The van der Waals surface area contributed by atoms with Crippen LogP contribution in [-0.4, -0.2) is 25.9 Å². The van der Waals surface area contributed by atoms with Gasteiger partial charge in [-0.1, -0.05) is 18.2 Å². The molecule has 18 heavy (non-hydrogen) atoms. The van der Waals surface area contributed by atoms with Gasteiger partial charge < -0.3 is 9.72 Å². The van der Waals surface area contributed by atoms with Crippen LogP contribution in [-0.2, 0) is 0 Å². The van der Waals surface area contributed by atoms with Crippen molar-refractivity contribution in [3.8, 4) is 5.88 Å². The molecule has 0 bridgehead atoms. The largest absolute Gasteiger partial charge is 0.401 e. The number of benzene rings is 1. The number of ether oxygens (including phenoxy) is 1. The van der Waals surface area contributed by atoms with Gasteiger partial charge in [0, 0.05) is 0 Å². The third-order valence-electron chi connectivity index (χ3n) is 2.39. The number of hydrogen-bond donors (Lipinski definition) is 1. The lowest BCUT2D eigenvalue weighted by Crippen LogP contribution is -2.09. The fourth-order valence-corrected chi connectivity index (χ4v) is 1.54. The Morgan fingerprint density at radius 3 is 2.78 bits per heavy atom. The van der Waals surface area contributed by atoms with Crippen molar-refractivity contribution in [3.63, 3.8) is 0 Å². The molecule has 6 heteroatoms. The number of fused-ring (bicyclic) bond motifs is 1. The number of hydrogen-bond acceptors (Lipinski definition) is 5. The summed E-state index contributed by atoms with van der Waals surface area (Å²) in [5.41, 5.74) is 1.42. The molecule has 0 amide bonds. The Hall–Kier alpha value is -2.76. The number of esters is 1. The van der Waals surface area contributed by atoms with E-state index >= 15 is 0 Å². The van der Waals surface area contributed by atoms with Crippen LogP contribution in [0.5, 0.6) is 5.88 Å². The molecule has 2 heterocycles. The molecule has 0 saturated carbocycles. The average Bonchev–Trinajstić information content (AvgIpc) is 2.89. The number of imidazole rings is 1. The number of carbonyl (C=O) groups is 1. The van der Waals surface area contributed by atoms with Gasteiger partial charge in [0.2, 0.25) is 0 Å². The number of rotatable bonds is 2. The third-order valence-corrected chi connectivity index (χ3v) is 2.39. The van der Waals surface area contributed by atoms with Crippen LogP contribution >= 0.6 is 0 Å². The predicted molar refractivity (Wildman–Crippen MR) is 63.1 cm³/mol. The molecule has 0 radical (unpaired) electrons. The lowest BCUT2D eigenvalue weighted by molar-refractivity contribution is 0.0729. The van der Waals surface area contributed by atoms with Crippen molar-refractivity contribution in [2.45, 2.75) is 0 Å². The normalized spacial score (nSPS) is 10.4. The van der Waals surface area contributed by atoms with Gasteiger partial charge >= 0.3 is 5.97 Å². The summed E-state index contributed by atoms with van der Waals surface area (Å²) in [5.74, 6) is -0.295. The zero-order chi connectivity index (χ0) is 12.4. The first kappa shape index (κ1) is 10.4. The number of aromatic amines is 1. The van der Waals surface area contributed by atoms with E-state index in [1.54, 1.807) is 24.3 Å². The third kappa shape index (κ3) is 1.80. The molecule has 3 rings (SSSR count). The first-order valence-corrected chi connectivity index (χ1v) is 5.26. The second-order valence-corrected chi connectivity index (χ2v) is 3.54. The van der Waals surface area contributed by atoms with Gasteiger partial charge in [0.05, 0.1) is 11.9 Å². The summed E-state index contributed by atoms with van der Waals surface area (Å²) in [7, 11) is 0. The molecule has 0 saturated heterocycles. The minimum atomic E-state index is -0.467. The highest BCUT2D eigenvalue weighted by Crippen LogP contribution is 2.18. The quantitative estimate of drug-likeness (QED) is 0.687. The van der Waals surface area contributed by atoms with Gasteiger partial charge in [0.25, 0.3) is 5.88 Å². The fourth-order valence-electron chi connectivity index (χ4n) is 1.54. The van der Waals surface area contributed by atoms with Gasteiger partial charge in [-0.15, -0.1) is 0 Å². The molecule has 1 N–H and O–H groups in total. The molecule has 0 unspecified atom stereocenters. The van der Waals surface area contributed by atoms with Gasteiger partial charge in [0.1, 0.15) is 11.8 Å². The van der Waals surface area contributed by atoms with E-state index in [0.717, 1.165) is 0 Å². The minimum Gasteiger partial charge on any atom is -0.401 e. The minimum absolute atomic E-state index is 0.173. The van der Waals surface area contributed by atoms with E-state index in [4.69, 9.17) is 4.74 Å². The van der Waals surface area contributed by atoms with Crippen molar-refractivity contribution >= 4 is 17.1 Å². The Bertz CT molecular complexity index is 693. The van der Waals surface area contributed by atoms with Crippen molar-refractivity contribution in [1.29, 1.82) is 0 Å². The summed E-state index contributed by atoms with van der Waals surface area (Å²) in [5, 5.41) is 0. The second-order valence-electron chi connectivity index (χ2n) is 3.54. The molecular weight excluding hydrogens is 232 g/mol. The Balaban J connectivity index is 1.93. The van der Waals surface area contributed by atoms with Gasteiger partial charge in [-0.05, 0) is 12.1 Å². The number of carbonyl (C=O) groups excluding carboxylic acids is 1. The monoisotopic (exact) mass is 240 g/mol. The standard InChI is InChI=1S/C12H8N4O2/c17-12(8-4-2-1-3-5-8)18-11-9-10(14-6-13-9)15-7-16-11/h1-7H,(H,13,14,15,16). The number of aromatic nitrogens is 4. The van der Waals surface area contributed by atoms with Crippen molar-refractivity contribution < 1.29 is 9.53 Å². The van der Waals surface area contributed by atoms with Crippen LogP contribution < -0.4 is 4.74 Å². The zero-order valence-corrected chi connectivity index (χ0v) is 9.20. The van der Waals surface area contributed by atoms with Crippen molar-refractivity contribution in [3.05, 3.63) is 48.5 Å². The van der Waals surface area contributed by atoms with E-state index in [-0.39, 0.29) is 5.88 Å². The summed E-state index contributed by atoms with van der Waals surface area (Å²) in [4.78, 5) is 26.5. The maximum absolute atomic E-state index is 11.9. The summed E-state index contributed by atoms with van der Waals surface area (Å²) in [6.07, 6.45) is 2.77. The lowest BCUT2D eigenvalue weighted by Gasteiger charge is -2.03. The van der Waals surface area contributed by atoms with Crippen LogP contribution in [0.2, 0.25) is 0 Å². The molecule has 88 valence electrons. The summed E-state index contributed by atoms with van der Waals surface area (Å²) >= 11 is 0. The van der Waals surface area contributed by atoms with Gasteiger partial charge in [0.15, 0.2) is 5.65 Å². The van der Waals surface area contributed by atoms with Crippen molar-refractivity contribution in [2.24, 2.45) is 0 Å². The van der Waals surface area contributed by atoms with Gasteiger partial charge in [-0.2, -0.15) is 4.98 Å². The number of H-pyrrole nitrogens is 1. The van der Waals surface area contributed by atoms with E-state index in [1.165, 1.54) is 12.7 Å². The maximum atomic E-state index is 11.9. The number of nitrogens with zero attached hydrogens (tertiary/aromatic N) is 3. The topological polar surface area (TPSA) is 80.8 Å². The highest BCUT2D eigenvalue weighted by Gasteiger charge is 2.13. The lowest BCUT2D eigenvalue weighted by atomic mass is 10.2. The molecule has 2 aromatic heterocycles. The number of nitrogens with one attached hydrogen (secondary N) is 1. The Morgan fingerprint density at radius 2 is 1.94 bits per heavy atom. The fraction of sp³-hybridized carbons (Fsp3) is 0. The smallest absolute Gasteiger partial charge is 0.344 e. The summed E-state index contributed by atoms with van der Waals surface area (Å²) < 4.78 is 5.21. The van der Waals surface area contributed by atoms with Crippen LogP contribution in [0.4, 0.5) is 0 Å². The summed E-state index contributed by atoms with van der Waals surface area (Å²) in [6.45, 7) is 0. The molecule has 0 spiro atoms. The molecule has 0 aliphatic carbocycles. The van der Waals surface area contributed by atoms with E-state index in [2.05, 4.69) is 19.9 Å². The van der Waals surface area contributed by atoms with Crippen LogP contribution in [0.3, 0.4) is 0 Å². The molecule has 0 aliphatic rings. The van der Waals surface area contributed by atoms with E-state index in [1.807, 2.05) is 6.07 Å². The predicted octanol–water partition coefficient (Wildman–Crippen LogP) is 1.57. The molecule has 0 aliphatic heterocycles. The van der Waals surface area contributed by atoms with E-state index < -0.39 is 5.97 Å². The Labute approximate surface area is 102 Å². The van der Waals surface area contributed by atoms with Gasteiger partial charge in [-0.25, -0.2) is 14.8 Å².